The van der Waals surface area contributed by atoms with Crippen LogP contribution in [0, 0.1) is 24.2 Å². The van der Waals surface area contributed by atoms with E-state index in [9.17, 15) is 4.79 Å². The highest BCUT2D eigenvalue weighted by atomic mass is 16.6. The molecule has 2 heteroatoms. The van der Waals surface area contributed by atoms with Gasteiger partial charge in [0.15, 0.2) is 0 Å². The number of carbonyl (C=O) groups excluding carboxylic acids is 1. The third-order valence-corrected chi connectivity index (χ3v) is 2.24. The average Bonchev–Trinajstić information content (AvgIpc) is 2.44. The zero-order chi connectivity index (χ0) is 9.84. The fraction of sp³-hybridized carbons (Fsp3) is 0.364. The van der Waals surface area contributed by atoms with Crippen LogP contribution in [0.25, 0.3) is 0 Å². The molecule has 0 spiro atoms. The lowest BCUT2D eigenvalue weighted by atomic mass is 9.88. The van der Waals surface area contributed by atoms with Gasteiger partial charge in [-0.3, -0.25) is 4.79 Å². The fourth-order valence-electron chi connectivity index (χ4n) is 1.54. The Morgan fingerprint density at radius 2 is 2.23 bits per heavy atom. The Labute approximate surface area is 78.3 Å². The Kier molecular flexibility index (Phi) is 2.92. The molecule has 1 aliphatic rings. The zero-order valence-electron chi connectivity index (χ0n) is 7.40. The van der Waals surface area contributed by atoms with Gasteiger partial charge in [-0.1, -0.05) is 18.7 Å². The Balaban J connectivity index is 2.83. The highest BCUT2D eigenvalue weighted by Crippen LogP contribution is 2.31. The minimum absolute atomic E-state index is 0.0268. The Hall–Kier alpha value is -1.49. The van der Waals surface area contributed by atoms with Crippen LogP contribution in [0.3, 0.4) is 0 Å². The second-order valence-corrected chi connectivity index (χ2v) is 2.96. The maximum Gasteiger partial charge on any atom is 0.311 e. The SMILES string of the molecule is C#CC[C@@H]1C(=O)O[C@H](C=C)[C@H]1C=C. The smallest absolute Gasteiger partial charge is 0.311 e. The van der Waals surface area contributed by atoms with Crippen molar-refractivity contribution in [2.45, 2.75) is 12.5 Å². The topological polar surface area (TPSA) is 26.3 Å². The molecule has 13 heavy (non-hydrogen) atoms. The molecular formula is C11H12O2. The summed E-state index contributed by atoms with van der Waals surface area (Å²) in [6.45, 7) is 7.25. The summed E-state index contributed by atoms with van der Waals surface area (Å²) < 4.78 is 5.06. The van der Waals surface area contributed by atoms with Gasteiger partial charge in [-0.2, -0.15) is 0 Å². The summed E-state index contributed by atoms with van der Waals surface area (Å²) in [6.07, 6.45) is 8.62. The van der Waals surface area contributed by atoms with Crippen LogP contribution in [-0.4, -0.2) is 12.1 Å². The number of cyclic esters (lactones) is 1. The van der Waals surface area contributed by atoms with Crippen molar-refractivity contribution in [3.8, 4) is 12.3 Å². The van der Waals surface area contributed by atoms with E-state index in [2.05, 4.69) is 19.1 Å². The van der Waals surface area contributed by atoms with Gasteiger partial charge < -0.3 is 4.74 Å². The van der Waals surface area contributed by atoms with E-state index < -0.39 is 0 Å². The van der Waals surface area contributed by atoms with E-state index in [0.717, 1.165) is 0 Å². The van der Waals surface area contributed by atoms with Crippen LogP contribution in [0.1, 0.15) is 6.42 Å². The average molecular weight is 176 g/mol. The number of rotatable bonds is 3. The molecule has 3 atom stereocenters. The van der Waals surface area contributed by atoms with E-state index in [4.69, 9.17) is 11.2 Å². The Bertz CT molecular complexity index is 272. The van der Waals surface area contributed by atoms with Crippen molar-refractivity contribution >= 4 is 5.97 Å². The molecule has 0 N–H and O–H groups in total. The molecule has 68 valence electrons. The van der Waals surface area contributed by atoms with E-state index in [1.165, 1.54) is 0 Å². The molecule has 1 rings (SSSR count). The molecule has 0 aromatic carbocycles. The van der Waals surface area contributed by atoms with Crippen molar-refractivity contribution < 1.29 is 9.53 Å². The monoisotopic (exact) mass is 176 g/mol. The summed E-state index contributed by atoms with van der Waals surface area (Å²) in [5, 5.41) is 0. The fourth-order valence-corrected chi connectivity index (χ4v) is 1.54. The minimum atomic E-state index is -0.261. The summed E-state index contributed by atoms with van der Waals surface area (Å²) in [4.78, 5) is 11.3. The van der Waals surface area contributed by atoms with E-state index in [0.29, 0.717) is 6.42 Å². The third kappa shape index (κ3) is 1.65. The second kappa shape index (κ2) is 3.95. The number of ether oxygens (including phenoxy) is 1. The van der Waals surface area contributed by atoms with Gasteiger partial charge in [0.05, 0.1) is 5.92 Å². The van der Waals surface area contributed by atoms with Gasteiger partial charge in [0, 0.05) is 12.3 Å². The molecule has 0 aromatic heterocycles. The molecule has 1 fully saturated rings. The Morgan fingerprint density at radius 1 is 1.54 bits per heavy atom. The molecule has 0 unspecified atom stereocenters. The highest BCUT2D eigenvalue weighted by Gasteiger charge is 2.40. The molecule has 1 heterocycles. The van der Waals surface area contributed by atoms with Crippen LogP contribution >= 0.6 is 0 Å². The van der Waals surface area contributed by atoms with Crippen molar-refractivity contribution in [3.63, 3.8) is 0 Å². The van der Waals surface area contributed by atoms with E-state index in [-0.39, 0.29) is 23.9 Å². The minimum Gasteiger partial charge on any atom is -0.457 e. The number of terminal acetylenes is 1. The van der Waals surface area contributed by atoms with Gasteiger partial charge in [-0.15, -0.1) is 18.9 Å². The maximum absolute atomic E-state index is 11.3. The number of hydrogen-bond acceptors (Lipinski definition) is 2. The first-order valence-corrected chi connectivity index (χ1v) is 4.13. The van der Waals surface area contributed by atoms with Gasteiger partial charge in [-0.25, -0.2) is 0 Å². The van der Waals surface area contributed by atoms with E-state index in [1.54, 1.807) is 12.2 Å². The molecular weight excluding hydrogens is 164 g/mol. The van der Waals surface area contributed by atoms with Crippen molar-refractivity contribution in [2.75, 3.05) is 0 Å². The van der Waals surface area contributed by atoms with Crippen molar-refractivity contribution in [2.24, 2.45) is 11.8 Å². The van der Waals surface area contributed by atoms with Gasteiger partial charge in [0.1, 0.15) is 6.10 Å². The third-order valence-electron chi connectivity index (χ3n) is 2.24. The summed E-state index contributed by atoms with van der Waals surface area (Å²) in [6, 6.07) is 0. The van der Waals surface area contributed by atoms with Gasteiger partial charge in [0.2, 0.25) is 0 Å². The van der Waals surface area contributed by atoms with E-state index >= 15 is 0 Å². The summed E-state index contributed by atoms with van der Waals surface area (Å²) in [7, 11) is 0. The second-order valence-electron chi connectivity index (χ2n) is 2.96. The first-order chi connectivity index (χ1) is 6.24. The van der Waals surface area contributed by atoms with Crippen LogP contribution in [0.4, 0.5) is 0 Å². The van der Waals surface area contributed by atoms with Crippen molar-refractivity contribution in [3.05, 3.63) is 25.3 Å². The standard InChI is InChI=1S/C11H12O2/c1-4-7-9-8(5-2)10(6-3)13-11(9)12/h1,5-6,8-10H,2-3,7H2/t8-,9-,10+/m0/s1. The van der Waals surface area contributed by atoms with Gasteiger partial charge in [-0.05, 0) is 0 Å². The predicted molar refractivity (Wildman–Crippen MR) is 50.7 cm³/mol. The molecule has 0 aliphatic carbocycles. The molecule has 0 bridgehead atoms. The first-order valence-electron chi connectivity index (χ1n) is 4.13. The lowest BCUT2D eigenvalue weighted by Gasteiger charge is -2.11. The first kappa shape index (κ1) is 9.60. The molecule has 1 aliphatic heterocycles. The molecule has 0 radical (unpaired) electrons. The summed E-state index contributed by atoms with van der Waals surface area (Å²) in [5.74, 6) is 1.95. The molecule has 2 nitrogen and oxygen atoms in total. The van der Waals surface area contributed by atoms with Crippen LogP contribution in [0.2, 0.25) is 0 Å². The predicted octanol–water partition coefficient (Wildman–Crippen LogP) is 1.54. The highest BCUT2D eigenvalue weighted by molar-refractivity contribution is 5.76. The van der Waals surface area contributed by atoms with Crippen molar-refractivity contribution in [1.29, 1.82) is 0 Å². The summed E-state index contributed by atoms with van der Waals surface area (Å²) >= 11 is 0. The number of hydrogen-bond donors (Lipinski definition) is 0. The number of carbonyl (C=O) groups is 1. The van der Waals surface area contributed by atoms with Gasteiger partial charge in [0.25, 0.3) is 0 Å². The number of esters is 1. The van der Waals surface area contributed by atoms with Crippen LogP contribution < -0.4 is 0 Å². The maximum atomic E-state index is 11.3. The molecule has 0 aromatic rings. The van der Waals surface area contributed by atoms with Crippen LogP contribution in [0.5, 0.6) is 0 Å². The lowest BCUT2D eigenvalue weighted by Crippen LogP contribution is -2.16. The zero-order valence-corrected chi connectivity index (χ0v) is 7.40. The molecule has 0 saturated carbocycles. The largest absolute Gasteiger partial charge is 0.457 e. The van der Waals surface area contributed by atoms with Crippen LogP contribution in [0.15, 0.2) is 25.3 Å². The van der Waals surface area contributed by atoms with Crippen molar-refractivity contribution in [1.82, 2.24) is 0 Å². The molecule has 0 amide bonds. The quantitative estimate of drug-likeness (QED) is 0.370. The van der Waals surface area contributed by atoms with Gasteiger partial charge >= 0.3 is 5.97 Å². The van der Waals surface area contributed by atoms with E-state index in [1.807, 2.05) is 0 Å². The summed E-state index contributed by atoms with van der Waals surface area (Å²) in [5.41, 5.74) is 0. The molecule has 1 saturated heterocycles. The normalized spacial score (nSPS) is 31.9. The Morgan fingerprint density at radius 3 is 2.69 bits per heavy atom. The lowest BCUT2D eigenvalue weighted by molar-refractivity contribution is -0.142. The van der Waals surface area contributed by atoms with Crippen LogP contribution in [-0.2, 0) is 9.53 Å².